The van der Waals surface area contributed by atoms with Gasteiger partial charge in [0, 0.05) is 6.92 Å². The molecule has 1 amide bonds. The molecule has 0 aliphatic rings. The number of benzene rings is 2. The van der Waals surface area contributed by atoms with E-state index < -0.39 is 10.0 Å². The van der Waals surface area contributed by atoms with E-state index >= 15 is 0 Å². The summed E-state index contributed by atoms with van der Waals surface area (Å²) in [6.45, 7) is 7.24. The summed E-state index contributed by atoms with van der Waals surface area (Å²) in [6, 6.07) is 9.93. The molecule has 0 bridgehead atoms. The molecule has 2 rings (SSSR count). The van der Waals surface area contributed by atoms with Gasteiger partial charge in [-0.2, -0.15) is 0 Å². The lowest BCUT2D eigenvalue weighted by Crippen LogP contribution is -2.16. The highest BCUT2D eigenvalue weighted by Gasteiger charge is 2.19. The predicted octanol–water partition coefficient (Wildman–Crippen LogP) is 3.46. The molecule has 2 N–H and O–H groups in total. The number of para-hydroxylation sites is 1. The van der Waals surface area contributed by atoms with E-state index in [9.17, 15) is 13.2 Å². The number of aryl methyl sites for hydroxylation is 2. The minimum Gasteiger partial charge on any atom is -0.492 e. The molecule has 6 nitrogen and oxygen atoms in total. The second kappa shape index (κ2) is 7.57. The minimum absolute atomic E-state index is 0.0438. The standard InChI is InChI=1S/C18H22N2O4S/c1-5-24-17-10-9-15(11-16(17)19-14(4)21)25(22,23)20-18-12(2)7-6-8-13(18)3/h6-11,20H,5H2,1-4H3,(H,19,21). The summed E-state index contributed by atoms with van der Waals surface area (Å²) >= 11 is 0. The molecule has 0 saturated heterocycles. The Morgan fingerprint density at radius 3 is 2.32 bits per heavy atom. The van der Waals surface area contributed by atoms with Crippen molar-refractivity contribution < 1.29 is 17.9 Å². The normalized spacial score (nSPS) is 11.0. The van der Waals surface area contributed by atoms with Crippen LogP contribution in [0.3, 0.4) is 0 Å². The maximum absolute atomic E-state index is 12.7. The van der Waals surface area contributed by atoms with Crippen molar-refractivity contribution in [2.45, 2.75) is 32.6 Å². The summed E-state index contributed by atoms with van der Waals surface area (Å²) in [5.41, 5.74) is 2.53. The first-order valence-corrected chi connectivity index (χ1v) is 9.36. The molecule has 0 aliphatic carbocycles. The fraction of sp³-hybridized carbons (Fsp3) is 0.278. The van der Waals surface area contributed by atoms with Crippen molar-refractivity contribution in [2.24, 2.45) is 0 Å². The molecule has 0 aromatic heterocycles. The monoisotopic (exact) mass is 362 g/mol. The van der Waals surface area contributed by atoms with Gasteiger partial charge >= 0.3 is 0 Å². The van der Waals surface area contributed by atoms with Crippen molar-refractivity contribution in [1.29, 1.82) is 0 Å². The van der Waals surface area contributed by atoms with Gasteiger partial charge in [0.25, 0.3) is 10.0 Å². The van der Waals surface area contributed by atoms with E-state index in [0.717, 1.165) is 11.1 Å². The molecule has 0 unspecified atom stereocenters. The van der Waals surface area contributed by atoms with Crippen LogP contribution in [-0.4, -0.2) is 20.9 Å². The Kier molecular flexibility index (Phi) is 5.69. The molecule has 0 atom stereocenters. The van der Waals surface area contributed by atoms with Crippen LogP contribution in [0.15, 0.2) is 41.3 Å². The topological polar surface area (TPSA) is 84.5 Å². The zero-order valence-corrected chi connectivity index (χ0v) is 15.5. The molecular formula is C18H22N2O4S. The van der Waals surface area contributed by atoms with Gasteiger partial charge in [-0.1, -0.05) is 18.2 Å². The summed E-state index contributed by atoms with van der Waals surface area (Å²) in [5.74, 6) is 0.113. The summed E-state index contributed by atoms with van der Waals surface area (Å²) in [6.07, 6.45) is 0. The molecule has 2 aromatic carbocycles. The SMILES string of the molecule is CCOc1ccc(S(=O)(=O)Nc2c(C)cccc2C)cc1NC(C)=O. The molecule has 134 valence electrons. The van der Waals surface area contributed by atoms with Gasteiger partial charge in [0.2, 0.25) is 5.91 Å². The number of anilines is 2. The molecule has 0 heterocycles. The van der Waals surface area contributed by atoms with E-state index in [1.54, 1.807) is 0 Å². The van der Waals surface area contributed by atoms with Crippen LogP contribution >= 0.6 is 0 Å². The van der Waals surface area contributed by atoms with Crippen molar-refractivity contribution in [1.82, 2.24) is 0 Å². The third kappa shape index (κ3) is 4.51. The van der Waals surface area contributed by atoms with Crippen molar-refractivity contribution in [3.63, 3.8) is 0 Å². The van der Waals surface area contributed by atoms with Crippen molar-refractivity contribution in [3.05, 3.63) is 47.5 Å². The Hall–Kier alpha value is -2.54. The smallest absolute Gasteiger partial charge is 0.261 e. The molecule has 0 aliphatic heterocycles. The third-order valence-electron chi connectivity index (χ3n) is 3.59. The van der Waals surface area contributed by atoms with Gasteiger partial charge in [0.05, 0.1) is 22.9 Å². The second-order valence-corrected chi connectivity index (χ2v) is 7.33. The molecule has 0 fully saturated rings. The van der Waals surface area contributed by atoms with Crippen LogP contribution in [0.2, 0.25) is 0 Å². The van der Waals surface area contributed by atoms with Gasteiger partial charge in [-0.3, -0.25) is 9.52 Å². The minimum atomic E-state index is -3.81. The molecule has 0 spiro atoms. The maximum Gasteiger partial charge on any atom is 0.261 e. The Labute approximate surface area is 148 Å². The van der Waals surface area contributed by atoms with E-state index in [0.29, 0.717) is 23.7 Å². The number of nitrogens with one attached hydrogen (secondary N) is 2. The Balaban J connectivity index is 2.43. The van der Waals surface area contributed by atoms with Crippen LogP contribution in [0.25, 0.3) is 0 Å². The third-order valence-corrected chi connectivity index (χ3v) is 4.94. The lowest BCUT2D eigenvalue weighted by Gasteiger charge is -2.15. The fourth-order valence-corrected chi connectivity index (χ4v) is 3.64. The molecule has 25 heavy (non-hydrogen) atoms. The van der Waals surface area contributed by atoms with E-state index in [-0.39, 0.29) is 10.8 Å². The first kappa shape index (κ1) is 18.8. The van der Waals surface area contributed by atoms with E-state index in [4.69, 9.17) is 4.74 Å². The lowest BCUT2D eigenvalue weighted by atomic mass is 10.1. The number of rotatable bonds is 6. The molecule has 7 heteroatoms. The van der Waals surface area contributed by atoms with Gasteiger partial charge in [0.1, 0.15) is 5.75 Å². The van der Waals surface area contributed by atoms with E-state index in [2.05, 4.69) is 10.0 Å². The quantitative estimate of drug-likeness (QED) is 0.824. The number of amides is 1. The molecule has 0 radical (unpaired) electrons. The van der Waals surface area contributed by atoms with E-state index in [1.807, 2.05) is 39.0 Å². The average molecular weight is 362 g/mol. The van der Waals surface area contributed by atoms with Gasteiger partial charge < -0.3 is 10.1 Å². The van der Waals surface area contributed by atoms with Crippen molar-refractivity contribution in [3.8, 4) is 5.75 Å². The number of carbonyl (C=O) groups excluding carboxylic acids is 1. The van der Waals surface area contributed by atoms with Crippen LogP contribution < -0.4 is 14.8 Å². The van der Waals surface area contributed by atoms with Gasteiger partial charge in [-0.15, -0.1) is 0 Å². The predicted molar refractivity (Wildman–Crippen MR) is 98.6 cm³/mol. The maximum atomic E-state index is 12.7. The van der Waals surface area contributed by atoms with Crippen LogP contribution in [0.1, 0.15) is 25.0 Å². The number of carbonyl (C=O) groups is 1. The first-order chi connectivity index (χ1) is 11.7. The van der Waals surface area contributed by atoms with E-state index in [1.165, 1.54) is 25.1 Å². The lowest BCUT2D eigenvalue weighted by molar-refractivity contribution is -0.114. The Bertz CT molecular complexity index is 872. The summed E-state index contributed by atoms with van der Waals surface area (Å²) in [4.78, 5) is 11.4. The Morgan fingerprint density at radius 2 is 1.76 bits per heavy atom. The summed E-state index contributed by atoms with van der Waals surface area (Å²) < 4.78 is 33.6. The summed E-state index contributed by atoms with van der Waals surface area (Å²) in [5, 5.41) is 2.60. The molecular weight excluding hydrogens is 340 g/mol. The van der Waals surface area contributed by atoms with Gasteiger partial charge in [-0.05, 0) is 50.1 Å². The number of hydrogen-bond donors (Lipinski definition) is 2. The number of sulfonamides is 1. The number of hydrogen-bond acceptors (Lipinski definition) is 4. The molecule has 0 saturated carbocycles. The van der Waals surface area contributed by atoms with Gasteiger partial charge in [-0.25, -0.2) is 8.42 Å². The van der Waals surface area contributed by atoms with Crippen LogP contribution in [-0.2, 0) is 14.8 Å². The highest BCUT2D eigenvalue weighted by atomic mass is 32.2. The van der Waals surface area contributed by atoms with Gasteiger partial charge in [0.15, 0.2) is 0 Å². The average Bonchev–Trinajstić information content (AvgIpc) is 2.52. The fourth-order valence-electron chi connectivity index (χ4n) is 2.41. The first-order valence-electron chi connectivity index (χ1n) is 7.88. The Morgan fingerprint density at radius 1 is 1.12 bits per heavy atom. The second-order valence-electron chi connectivity index (χ2n) is 5.64. The highest BCUT2D eigenvalue weighted by molar-refractivity contribution is 7.92. The summed E-state index contributed by atoms with van der Waals surface area (Å²) in [7, 11) is -3.81. The highest BCUT2D eigenvalue weighted by Crippen LogP contribution is 2.30. The van der Waals surface area contributed by atoms with Crippen molar-refractivity contribution >= 4 is 27.3 Å². The van der Waals surface area contributed by atoms with Crippen LogP contribution in [0, 0.1) is 13.8 Å². The zero-order chi connectivity index (χ0) is 18.6. The van der Waals surface area contributed by atoms with Crippen LogP contribution in [0.4, 0.5) is 11.4 Å². The zero-order valence-electron chi connectivity index (χ0n) is 14.7. The number of ether oxygens (including phenoxy) is 1. The van der Waals surface area contributed by atoms with Crippen molar-refractivity contribution in [2.75, 3.05) is 16.6 Å². The largest absolute Gasteiger partial charge is 0.492 e. The van der Waals surface area contributed by atoms with Crippen LogP contribution in [0.5, 0.6) is 5.75 Å². The molecule has 2 aromatic rings.